The minimum atomic E-state index is -0.856. The molecule has 0 radical (unpaired) electrons. The number of benzene rings is 2. The van der Waals surface area contributed by atoms with Crippen LogP contribution in [0.25, 0.3) is 0 Å². The van der Waals surface area contributed by atoms with Crippen molar-refractivity contribution in [3.8, 4) is 0 Å². The third-order valence-electron chi connectivity index (χ3n) is 4.14. The Hall–Kier alpha value is -2.13. The average molecular weight is 281 g/mol. The molecule has 3 heteroatoms. The molecule has 3 rings (SSSR count). The Morgan fingerprint density at radius 3 is 2.67 bits per heavy atom. The summed E-state index contributed by atoms with van der Waals surface area (Å²) < 4.78 is 0. The van der Waals surface area contributed by atoms with Crippen LogP contribution >= 0.6 is 0 Å². The highest BCUT2D eigenvalue weighted by Gasteiger charge is 2.16. The van der Waals surface area contributed by atoms with Crippen molar-refractivity contribution in [3.63, 3.8) is 0 Å². The van der Waals surface area contributed by atoms with Crippen LogP contribution < -0.4 is 0 Å². The second kappa shape index (κ2) is 5.70. The van der Waals surface area contributed by atoms with Crippen LogP contribution in [0.5, 0.6) is 0 Å². The summed E-state index contributed by atoms with van der Waals surface area (Å²) in [5.74, 6) is -0.856. The largest absolute Gasteiger partial charge is 0.478 e. The van der Waals surface area contributed by atoms with Crippen molar-refractivity contribution in [2.24, 2.45) is 0 Å². The smallest absolute Gasteiger partial charge is 0.335 e. The quantitative estimate of drug-likeness (QED) is 0.939. The number of carbonyl (C=O) groups is 1. The van der Waals surface area contributed by atoms with Gasteiger partial charge in [0.05, 0.1) is 5.56 Å². The molecule has 0 bridgehead atoms. The van der Waals surface area contributed by atoms with Crippen molar-refractivity contribution < 1.29 is 9.90 Å². The van der Waals surface area contributed by atoms with Crippen LogP contribution in [0.2, 0.25) is 0 Å². The number of carboxylic acids is 1. The molecule has 0 fully saturated rings. The number of rotatable bonds is 3. The third-order valence-corrected chi connectivity index (χ3v) is 4.14. The summed E-state index contributed by atoms with van der Waals surface area (Å²) in [5, 5.41) is 9.08. The molecule has 3 nitrogen and oxygen atoms in total. The number of fused-ring (bicyclic) bond motifs is 1. The van der Waals surface area contributed by atoms with Gasteiger partial charge < -0.3 is 5.11 Å². The number of carboxylic acid groups (broad SMARTS) is 1. The van der Waals surface area contributed by atoms with E-state index in [-0.39, 0.29) is 0 Å². The standard InChI is InChI=1S/C18H19NO2/c1-13-10-14(6-7-17(13)18(20)21)11-19-9-8-15-4-2-3-5-16(15)12-19/h2-7,10H,8-9,11-12H2,1H3,(H,20,21). The second-order valence-electron chi connectivity index (χ2n) is 5.68. The normalized spacial score (nSPS) is 14.7. The summed E-state index contributed by atoms with van der Waals surface area (Å²) in [4.78, 5) is 13.5. The maximum absolute atomic E-state index is 11.0. The Morgan fingerprint density at radius 1 is 1.19 bits per heavy atom. The zero-order valence-corrected chi connectivity index (χ0v) is 12.2. The van der Waals surface area contributed by atoms with E-state index < -0.39 is 5.97 Å². The van der Waals surface area contributed by atoms with Gasteiger partial charge in [0.25, 0.3) is 0 Å². The number of hydrogen-bond acceptors (Lipinski definition) is 2. The fourth-order valence-corrected chi connectivity index (χ4v) is 3.01. The molecular formula is C18H19NO2. The number of nitrogens with zero attached hydrogens (tertiary/aromatic N) is 1. The molecule has 2 aromatic rings. The number of hydrogen-bond donors (Lipinski definition) is 1. The summed E-state index contributed by atoms with van der Waals surface area (Å²) in [6, 6.07) is 14.2. The molecule has 0 spiro atoms. The molecule has 0 saturated heterocycles. The first kappa shape index (κ1) is 13.8. The van der Waals surface area contributed by atoms with Gasteiger partial charge in [-0.2, -0.15) is 0 Å². The lowest BCUT2D eigenvalue weighted by Gasteiger charge is -2.28. The maximum Gasteiger partial charge on any atom is 0.335 e. The molecule has 0 atom stereocenters. The summed E-state index contributed by atoms with van der Waals surface area (Å²) >= 11 is 0. The van der Waals surface area contributed by atoms with E-state index in [0.717, 1.165) is 31.6 Å². The molecule has 0 aliphatic carbocycles. The van der Waals surface area contributed by atoms with Gasteiger partial charge in [-0.05, 0) is 41.7 Å². The Labute approximate surface area is 124 Å². The topological polar surface area (TPSA) is 40.5 Å². The van der Waals surface area contributed by atoms with Gasteiger partial charge in [-0.15, -0.1) is 0 Å². The minimum absolute atomic E-state index is 0.391. The lowest BCUT2D eigenvalue weighted by atomic mass is 9.99. The predicted molar refractivity (Wildman–Crippen MR) is 82.4 cm³/mol. The third kappa shape index (κ3) is 2.98. The lowest BCUT2D eigenvalue weighted by Crippen LogP contribution is -2.30. The van der Waals surface area contributed by atoms with Crippen molar-refractivity contribution >= 4 is 5.97 Å². The fraction of sp³-hybridized carbons (Fsp3) is 0.278. The molecule has 21 heavy (non-hydrogen) atoms. The zero-order valence-electron chi connectivity index (χ0n) is 12.2. The molecule has 0 amide bonds. The first-order valence-electron chi connectivity index (χ1n) is 7.25. The summed E-state index contributed by atoms with van der Waals surface area (Å²) in [7, 11) is 0. The highest BCUT2D eigenvalue weighted by molar-refractivity contribution is 5.89. The Morgan fingerprint density at radius 2 is 1.95 bits per heavy atom. The number of aryl methyl sites for hydroxylation is 1. The molecule has 0 saturated carbocycles. The fourth-order valence-electron chi connectivity index (χ4n) is 3.01. The monoisotopic (exact) mass is 281 g/mol. The first-order chi connectivity index (χ1) is 10.1. The van der Waals surface area contributed by atoms with Crippen molar-refractivity contribution in [3.05, 3.63) is 70.3 Å². The van der Waals surface area contributed by atoms with E-state index in [2.05, 4.69) is 29.2 Å². The SMILES string of the molecule is Cc1cc(CN2CCc3ccccc3C2)ccc1C(=O)O. The summed E-state index contributed by atoms with van der Waals surface area (Å²) in [6.07, 6.45) is 1.09. The molecule has 1 heterocycles. The van der Waals surface area contributed by atoms with Crippen LogP contribution in [0, 0.1) is 6.92 Å². The highest BCUT2D eigenvalue weighted by atomic mass is 16.4. The second-order valence-corrected chi connectivity index (χ2v) is 5.68. The van der Waals surface area contributed by atoms with Crippen molar-refractivity contribution in [1.82, 2.24) is 4.90 Å². The van der Waals surface area contributed by atoms with Crippen molar-refractivity contribution in [2.75, 3.05) is 6.54 Å². The van der Waals surface area contributed by atoms with Crippen molar-refractivity contribution in [2.45, 2.75) is 26.4 Å². The van der Waals surface area contributed by atoms with E-state index in [1.807, 2.05) is 19.1 Å². The zero-order chi connectivity index (χ0) is 14.8. The molecule has 108 valence electrons. The van der Waals surface area contributed by atoms with Gasteiger partial charge in [0, 0.05) is 19.6 Å². The predicted octanol–water partition coefficient (Wildman–Crippen LogP) is 3.25. The van der Waals surface area contributed by atoms with Crippen LogP contribution in [0.3, 0.4) is 0 Å². The van der Waals surface area contributed by atoms with Crippen LogP contribution in [0.4, 0.5) is 0 Å². The van der Waals surface area contributed by atoms with Crippen molar-refractivity contribution in [1.29, 1.82) is 0 Å². The maximum atomic E-state index is 11.0. The minimum Gasteiger partial charge on any atom is -0.478 e. The molecule has 0 aromatic heterocycles. The Balaban J connectivity index is 1.73. The van der Waals surface area contributed by atoms with Crippen LogP contribution in [0.1, 0.15) is 32.6 Å². The van der Waals surface area contributed by atoms with Crippen LogP contribution in [-0.2, 0) is 19.5 Å². The van der Waals surface area contributed by atoms with Gasteiger partial charge in [-0.1, -0.05) is 36.4 Å². The van der Waals surface area contributed by atoms with E-state index >= 15 is 0 Å². The average Bonchev–Trinajstić information content (AvgIpc) is 2.47. The van der Waals surface area contributed by atoms with E-state index in [1.54, 1.807) is 6.07 Å². The Kier molecular flexibility index (Phi) is 3.76. The van der Waals surface area contributed by atoms with Gasteiger partial charge >= 0.3 is 5.97 Å². The van der Waals surface area contributed by atoms with E-state index in [0.29, 0.717) is 5.56 Å². The molecular weight excluding hydrogens is 262 g/mol. The van der Waals surface area contributed by atoms with Gasteiger partial charge in [0.1, 0.15) is 0 Å². The molecule has 1 aliphatic rings. The summed E-state index contributed by atoms with van der Waals surface area (Å²) in [6.45, 7) is 4.75. The van der Waals surface area contributed by atoms with Gasteiger partial charge in [-0.25, -0.2) is 4.79 Å². The van der Waals surface area contributed by atoms with Gasteiger partial charge in [0.15, 0.2) is 0 Å². The first-order valence-corrected chi connectivity index (χ1v) is 7.25. The lowest BCUT2D eigenvalue weighted by molar-refractivity contribution is 0.0696. The van der Waals surface area contributed by atoms with E-state index in [4.69, 9.17) is 5.11 Å². The van der Waals surface area contributed by atoms with E-state index in [9.17, 15) is 4.79 Å². The van der Waals surface area contributed by atoms with E-state index in [1.165, 1.54) is 16.7 Å². The Bertz CT molecular complexity index is 679. The number of aromatic carboxylic acids is 1. The van der Waals surface area contributed by atoms with Crippen LogP contribution in [-0.4, -0.2) is 22.5 Å². The van der Waals surface area contributed by atoms with Gasteiger partial charge in [-0.3, -0.25) is 4.90 Å². The molecule has 0 unspecified atom stereocenters. The summed E-state index contributed by atoms with van der Waals surface area (Å²) in [5.41, 5.74) is 5.26. The highest BCUT2D eigenvalue weighted by Crippen LogP contribution is 2.21. The van der Waals surface area contributed by atoms with Gasteiger partial charge in [0.2, 0.25) is 0 Å². The molecule has 2 aromatic carbocycles. The molecule has 1 N–H and O–H groups in total. The van der Waals surface area contributed by atoms with Crippen LogP contribution in [0.15, 0.2) is 42.5 Å². The molecule has 1 aliphatic heterocycles.